The Kier molecular flexibility index (Phi) is 5.57. The Morgan fingerprint density at radius 3 is 2.40 bits per heavy atom. The van der Waals surface area contributed by atoms with Crippen molar-refractivity contribution in [3.8, 4) is 5.75 Å². The SMILES string of the molecule is COc1c(F)ccc(C(=O)N2CCC(C(C)N3CCCC3)CC2)c1F. The van der Waals surface area contributed by atoms with E-state index < -0.39 is 17.4 Å². The highest BCUT2D eigenvalue weighted by molar-refractivity contribution is 5.95. The van der Waals surface area contributed by atoms with Crippen molar-refractivity contribution in [2.75, 3.05) is 33.3 Å². The van der Waals surface area contributed by atoms with Gasteiger partial charge in [0.15, 0.2) is 17.4 Å². The molecule has 0 N–H and O–H groups in total. The van der Waals surface area contributed by atoms with E-state index in [4.69, 9.17) is 4.74 Å². The highest BCUT2D eigenvalue weighted by Crippen LogP contribution is 2.29. The van der Waals surface area contributed by atoms with Gasteiger partial charge in [0, 0.05) is 19.1 Å². The molecule has 2 heterocycles. The number of nitrogens with zero attached hydrogens (tertiary/aromatic N) is 2. The van der Waals surface area contributed by atoms with Gasteiger partial charge in [-0.1, -0.05) is 0 Å². The summed E-state index contributed by atoms with van der Waals surface area (Å²) in [7, 11) is 1.20. The third-order valence-corrected chi connectivity index (χ3v) is 5.71. The van der Waals surface area contributed by atoms with Crippen LogP contribution in [-0.4, -0.2) is 55.0 Å². The van der Waals surface area contributed by atoms with E-state index in [1.807, 2.05) is 0 Å². The van der Waals surface area contributed by atoms with E-state index in [-0.39, 0.29) is 11.5 Å². The molecule has 1 unspecified atom stereocenters. The Hall–Kier alpha value is -1.69. The first kappa shape index (κ1) is 18.1. The standard InChI is InChI=1S/C19H26F2N2O2/c1-13(22-9-3-4-10-22)14-7-11-23(12-8-14)19(24)15-5-6-16(20)18(25-2)17(15)21/h5-6,13-14H,3-4,7-12H2,1-2H3. The van der Waals surface area contributed by atoms with Crippen molar-refractivity contribution in [1.29, 1.82) is 0 Å². The highest BCUT2D eigenvalue weighted by Gasteiger charge is 2.32. The van der Waals surface area contributed by atoms with Crippen LogP contribution in [0.25, 0.3) is 0 Å². The molecule has 0 radical (unpaired) electrons. The molecule has 1 aromatic carbocycles. The minimum atomic E-state index is -0.917. The maximum atomic E-state index is 14.3. The van der Waals surface area contributed by atoms with E-state index in [0.29, 0.717) is 25.0 Å². The molecule has 0 bridgehead atoms. The molecule has 0 aliphatic carbocycles. The van der Waals surface area contributed by atoms with E-state index >= 15 is 0 Å². The number of methoxy groups -OCH3 is 1. The lowest BCUT2D eigenvalue weighted by molar-refractivity contribution is 0.0619. The summed E-state index contributed by atoms with van der Waals surface area (Å²) in [6.07, 6.45) is 4.38. The van der Waals surface area contributed by atoms with Crippen LogP contribution in [0.1, 0.15) is 43.0 Å². The second-order valence-electron chi connectivity index (χ2n) is 7.06. The summed E-state index contributed by atoms with van der Waals surface area (Å²) in [6.45, 7) is 5.83. The Labute approximate surface area is 147 Å². The highest BCUT2D eigenvalue weighted by atomic mass is 19.1. The van der Waals surface area contributed by atoms with Crippen LogP contribution in [0, 0.1) is 17.6 Å². The molecule has 6 heteroatoms. The Morgan fingerprint density at radius 1 is 1.16 bits per heavy atom. The molecule has 2 saturated heterocycles. The molecule has 0 spiro atoms. The van der Waals surface area contributed by atoms with E-state index in [1.165, 1.54) is 39.1 Å². The number of hydrogen-bond donors (Lipinski definition) is 0. The van der Waals surface area contributed by atoms with Gasteiger partial charge >= 0.3 is 0 Å². The summed E-state index contributed by atoms with van der Waals surface area (Å²) in [5.41, 5.74) is -0.121. The maximum absolute atomic E-state index is 14.3. The summed E-state index contributed by atoms with van der Waals surface area (Å²) in [6, 6.07) is 2.81. The van der Waals surface area contributed by atoms with Crippen LogP contribution < -0.4 is 4.74 Å². The lowest BCUT2D eigenvalue weighted by Crippen LogP contribution is -2.45. The normalized spacial score (nSPS) is 20.7. The minimum Gasteiger partial charge on any atom is -0.491 e. The monoisotopic (exact) mass is 352 g/mol. The number of piperidine rings is 1. The average molecular weight is 352 g/mol. The molecule has 2 fully saturated rings. The number of carbonyl (C=O) groups excluding carboxylic acids is 1. The molecule has 1 aromatic rings. The number of amides is 1. The number of ether oxygens (including phenoxy) is 1. The van der Waals surface area contributed by atoms with Gasteiger partial charge in [-0.15, -0.1) is 0 Å². The van der Waals surface area contributed by atoms with Crippen molar-refractivity contribution in [3.63, 3.8) is 0 Å². The summed E-state index contributed by atoms with van der Waals surface area (Å²) in [5, 5.41) is 0. The quantitative estimate of drug-likeness (QED) is 0.833. The lowest BCUT2D eigenvalue weighted by atomic mass is 9.89. The van der Waals surface area contributed by atoms with Crippen LogP contribution in [0.3, 0.4) is 0 Å². The van der Waals surface area contributed by atoms with Crippen molar-refractivity contribution in [2.45, 2.75) is 38.6 Å². The topological polar surface area (TPSA) is 32.8 Å². The molecule has 0 saturated carbocycles. The predicted octanol–water partition coefficient (Wildman–Crippen LogP) is 3.31. The predicted molar refractivity (Wildman–Crippen MR) is 91.8 cm³/mol. The zero-order chi connectivity index (χ0) is 18.0. The number of benzene rings is 1. The third-order valence-electron chi connectivity index (χ3n) is 5.71. The minimum absolute atomic E-state index is 0.121. The number of likely N-dealkylation sites (tertiary alicyclic amines) is 2. The molecule has 1 atom stereocenters. The van der Waals surface area contributed by atoms with E-state index in [1.54, 1.807) is 4.90 Å². The summed E-state index contributed by atoms with van der Waals surface area (Å²) in [5.74, 6) is -2.03. The second-order valence-corrected chi connectivity index (χ2v) is 7.06. The van der Waals surface area contributed by atoms with Crippen molar-refractivity contribution in [1.82, 2.24) is 9.80 Å². The van der Waals surface area contributed by atoms with Gasteiger partial charge in [-0.25, -0.2) is 8.78 Å². The molecule has 25 heavy (non-hydrogen) atoms. The van der Waals surface area contributed by atoms with Gasteiger partial charge in [0.2, 0.25) is 0 Å². The third kappa shape index (κ3) is 3.64. The van der Waals surface area contributed by atoms with Gasteiger partial charge in [-0.2, -0.15) is 0 Å². The zero-order valence-corrected chi connectivity index (χ0v) is 14.9. The average Bonchev–Trinajstić information content (AvgIpc) is 3.16. The lowest BCUT2D eigenvalue weighted by Gasteiger charge is -2.38. The summed E-state index contributed by atoms with van der Waals surface area (Å²) >= 11 is 0. The first-order valence-electron chi connectivity index (χ1n) is 9.08. The fourth-order valence-corrected chi connectivity index (χ4v) is 4.09. The van der Waals surface area contributed by atoms with Gasteiger partial charge < -0.3 is 14.5 Å². The molecular weight excluding hydrogens is 326 g/mol. The van der Waals surface area contributed by atoms with Crippen LogP contribution in [0.15, 0.2) is 12.1 Å². The number of rotatable bonds is 4. The molecule has 1 amide bonds. The van der Waals surface area contributed by atoms with Crippen molar-refractivity contribution in [2.24, 2.45) is 5.92 Å². The number of hydrogen-bond acceptors (Lipinski definition) is 3. The fraction of sp³-hybridized carbons (Fsp3) is 0.632. The van der Waals surface area contributed by atoms with Gasteiger partial charge in [-0.05, 0) is 63.7 Å². The smallest absolute Gasteiger partial charge is 0.256 e. The first-order chi connectivity index (χ1) is 12.0. The van der Waals surface area contributed by atoms with E-state index in [2.05, 4.69) is 11.8 Å². The van der Waals surface area contributed by atoms with Gasteiger partial charge in [0.05, 0.1) is 12.7 Å². The van der Waals surface area contributed by atoms with Crippen LogP contribution in [0.5, 0.6) is 5.75 Å². The van der Waals surface area contributed by atoms with Crippen molar-refractivity contribution < 1.29 is 18.3 Å². The number of carbonyl (C=O) groups is 1. The Bertz CT molecular complexity index is 624. The molecule has 2 aliphatic rings. The molecule has 0 aromatic heterocycles. The summed E-state index contributed by atoms with van der Waals surface area (Å²) in [4.78, 5) is 16.8. The molecule has 138 valence electrons. The second kappa shape index (κ2) is 7.68. The number of halogens is 2. The molecule has 2 aliphatic heterocycles. The largest absolute Gasteiger partial charge is 0.491 e. The van der Waals surface area contributed by atoms with Crippen LogP contribution in [-0.2, 0) is 0 Å². The van der Waals surface area contributed by atoms with Gasteiger partial charge in [0.1, 0.15) is 0 Å². The molecular formula is C19H26F2N2O2. The van der Waals surface area contributed by atoms with Crippen LogP contribution in [0.4, 0.5) is 8.78 Å². The van der Waals surface area contributed by atoms with Crippen LogP contribution >= 0.6 is 0 Å². The Balaban J connectivity index is 1.64. The maximum Gasteiger partial charge on any atom is 0.256 e. The Morgan fingerprint density at radius 2 is 1.80 bits per heavy atom. The van der Waals surface area contributed by atoms with E-state index in [9.17, 15) is 13.6 Å². The molecule has 4 nitrogen and oxygen atoms in total. The van der Waals surface area contributed by atoms with E-state index in [0.717, 1.165) is 18.9 Å². The van der Waals surface area contributed by atoms with Crippen LogP contribution in [0.2, 0.25) is 0 Å². The van der Waals surface area contributed by atoms with Gasteiger partial charge in [-0.3, -0.25) is 4.79 Å². The van der Waals surface area contributed by atoms with Gasteiger partial charge in [0.25, 0.3) is 5.91 Å². The first-order valence-corrected chi connectivity index (χ1v) is 9.08. The zero-order valence-electron chi connectivity index (χ0n) is 14.9. The summed E-state index contributed by atoms with van der Waals surface area (Å²) < 4.78 is 32.6. The molecule has 3 rings (SSSR count). The fourth-order valence-electron chi connectivity index (χ4n) is 4.09. The van der Waals surface area contributed by atoms with Crippen molar-refractivity contribution >= 4 is 5.91 Å². The van der Waals surface area contributed by atoms with Crippen molar-refractivity contribution in [3.05, 3.63) is 29.3 Å².